The van der Waals surface area contributed by atoms with E-state index in [0.717, 1.165) is 0 Å². The maximum Gasteiger partial charge on any atom is 0.326 e. The topological polar surface area (TPSA) is 162 Å². The molecule has 9 nitrogen and oxygen atoms in total. The van der Waals surface area contributed by atoms with Crippen molar-refractivity contribution in [2.75, 3.05) is 18.6 Å². The summed E-state index contributed by atoms with van der Waals surface area (Å²) in [5.41, 5.74) is 6.53. The zero-order valence-corrected chi connectivity index (χ0v) is 15.7. The van der Waals surface area contributed by atoms with E-state index in [0.29, 0.717) is 11.3 Å². The van der Waals surface area contributed by atoms with E-state index >= 15 is 0 Å². The van der Waals surface area contributed by atoms with Crippen LogP contribution in [0, 0.1) is 0 Å². The van der Waals surface area contributed by atoms with Crippen LogP contribution in [0.3, 0.4) is 0 Å². The molecule has 10 heteroatoms. The number of thioether (sulfide) groups is 1. The monoisotopic (exact) mass is 399 g/mol. The molecule has 0 unspecified atom stereocenters. The van der Waals surface area contributed by atoms with Crippen molar-refractivity contribution in [3.8, 4) is 5.75 Å². The third-order valence-electron chi connectivity index (χ3n) is 3.77. The van der Waals surface area contributed by atoms with Crippen LogP contribution in [-0.2, 0) is 20.8 Å². The highest BCUT2D eigenvalue weighted by molar-refractivity contribution is 7.98. The molecule has 0 saturated heterocycles. The average Bonchev–Trinajstić information content (AvgIpc) is 2.64. The number of phenols is 1. The molecule has 1 aromatic rings. The first-order chi connectivity index (χ1) is 12.8. The van der Waals surface area contributed by atoms with Gasteiger partial charge in [-0.15, -0.1) is 0 Å². The van der Waals surface area contributed by atoms with Crippen LogP contribution in [0.15, 0.2) is 24.3 Å². The number of nitrogens with one attached hydrogen (secondary N) is 2. The van der Waals surface area contributed by atoms with Crippen LogP contribution in [0.5, 0.6) is 5.75 Å². The number of carboxylic acid groups (broad SMARTS) is 1. The summed E-state index contributed by atoms with van der Waals surface area (Å²) in [6.07, 6.45) is 2.19. The maximum atomic E-state index is 12.2. The van der Waals surface area contributed by atoms with Crippen LogP contribution in [0.25, 0.3) is 0 Å². The van der Waals surface area contributed by atoms with Crippen LogP contribution < -0.4 is 16.4 Å². The lowest BCUT2D eigenvalue weighted by Crippen LogP contribution is -2.56. The summed E-state index contributed by atoms with van der Waals surface area (Å²) in [5.74, 6) is -2.03. The molecule has 0 heterocycles. The Hall–Kier alpha value is -2.30. The van der Waals surface area contributed by atoms with Gasteiger partial charge in [0.1, 0.15) is 17.8 Å². The molecule has 0 spiro atoms. The first kappa shape index (κ1) is 22.7. The fraction of sp³-hybridized carbons (Fsp3) is 0.471. The summed E-state index contributed by atoms with van der Waals surface area (Å²) < 4.78 is 0. The van der Waals surface area contributed by atoms with Gasteiger partial charge in [-0.25, -0.2) is 4.79 Å². The molecule has 1 rings (SSSR count). The largest absolute Gasteiger partial charge is 0.508 e. The molecule has 0 radical (unpaired) electrons. The van der Waals surface area contributed by atoms with Crippen LogP contribution in [0.1, 0.15) is 12.0 Å². The van der Waals surface area contributed by atoms with Crippen LogP contribution >= 0.6 is 11.8 Å². The second-order valence-corrected chi connectivity index (χ2v) is 6.89. The number of hydrogen-bond acceptors (Lipinski definition) is 7. The SMILES string of the molecule is CSCC[C@H](NC(=O)[C@H](CO)NC(=O)[C@@H](N)Cc1ccc(O)cc1)C(=O)O. The number of phenolic OH excluding ortho intramolecular Hbond substituents is 1. The first-order valence-electron chi connectivity index (χ1n) is 8.25. The molecule has 0 aromatic heterocycles. The molecule has 0 aliphatic heterocycles. The summed E-state index contributed by atoms with van der Waals surface area (Å²) >= 11 is 1.44. The second-order valence-electron chi connectivity index (χ2n) is 5.90. The average molecular weight is 399 g/mol. The molecule has 1 aromatic carbocycles. The van der Waals surface area contributed by atoms with E-state index in [9.17, 15) is 24.6 Å². The molecular weight excluding hydrogens is 374 g/mol. The van der Waals surface area contributed by atoms with Gasteiger partial charge in [0, 0.05) is 0 Å². The minimum Gasteiger partial charge on any atom is -0.508 e. The summed E-state index contributed by atoms with van der Waals surface area (Å²) in [4.78, 5) is 35.6. The number of amides is 2. The number of aliphatic hydroxyl groups excluding tert-OH is 1. The van der Waals surface area contributed by atoms with E-state index < -0.39 is 42.5 Å². The lowest BCUT2D eigenvalue weighted by Gasteiger charge is -2.21. The van der Waals surface area contributed by atoms with Gasteiger partial charge < -0.3 is 31.7 Å². The molecule has 0 saturated carbocycles. The van der Waals surface area contributed by atoms with Gasteiger partial charge in [-0.1, -0.05) is 12.1 Å². The number of carboxylic acids is 1. The van der Waals surface area contributed by atoms with E-state index in [1.165, 1.54) is 23.9 Å². The number of aliphatic carboxylic acids is 1. The smallest absolute Gasteiger partial charge is 0.326 e. The zero-order valence-electron chi connectivity index (χ0n) is 14.9. The minimum absolute atomic E-state index is 0.0863. The summed E-state index contributed by atoms with van der Waals surface area (Å²) in [7, 11) is 0. The van der Waals surface area contributed by atoms with Crippen molar-refractivity contribution in [2.24, 2.45) is 5.73 Å². The lowest BCUT2D eigenvalue weighted by molar-refractivity contribution is -0.142. The van der Waals surface area contributed by atoms with Crippen LogP contribution in [0.4, 0.5) is 0 Å². The molecule has 150 valence electrons. The number of carbonyl (C=O) groups is 3. The summed E-state index contributed by atoms with van der Waals surface area (Å²) in [5, 5.41) is 32.4. The zero-order chi connectivity index (χ0) is 20.4. The Morgan fingerprint density at radius 2 is 1.70 bits per heavy atom. The van der Waals surface area contributed by atoms with Crippen molar-refractivity contribution >= 4 is 29.5 Å². The predicted molar refractivity (Wildman–Crippen MR) is 101 cm³/mol. The summed E-state index contributed by atoms with van der Waals surface area (Å²) in [6, 6.07) is 2.75. The molecule has 0 bridgehead atoms. The highest BCUT2D eigenvalue weighted by Crippen LogP contribution is 2.11. The number of aromatic hydroxyl groups is 1. The molecule has 3 atom stereocenters. The Labute approximate surface area is 161 Å². The maximum absolute atomic E-state index is 12.2. The number of benzene rings is 1. The van der Waals surface area contributed by atoms with E-state index in [-0.39, 0.29) is 18.6 Å². The van der Waals surface area contributed by atoms with E-state index in [4.69, 9.17) is 10.8 Å². The fourth-order valence-electron chi connectivity index (χ4n) is 2.22. The number of nitrogens with two attached hydrogens (primary N) is 1. The van der Waals surface area contributed by atoms with E-state index in [2.05, 4.69) is 10.6 Å². The van der Waals surface area contributed by atoms with E-state index in [1.54, 1.807) is 12.1 Å². The Morgan fingerprint density at radius 1 is 1.11 bits per heavy atom. The molecule has 7 N–H and O–H groups in total. The van der Waals surface area contributed by atoms with Gasteiger partial charge in [-0.3, -0.25) is 9.59 Å². The van der Waals surface area contributed by atoms with Gasteiger partial charge in [0.2, 0.25) is 11.8 Å². The number of hydrogen-bond donors (Lipinski definition) is 6. The van der Waals surface area contributed by atoms with Crippen molar-refractivity contribution in [1.82, 2.24) is 10.6 Å². The van der Waals surface area contributed by atoms with Gasteiger partial charge in [0.15, 0.2) is 0 Å². The number of rotatable bonds is 11. The third-order valence-corrected chi connectivity index (χ3v) is 4.41. The molecule has 0 aliphatic rings. The number of aliphatic hydroxyl groups is 1. The minimum atomic E-state index is -1.31. The van der Waals surface area contributed by atoms with Crippen molar-refractivity contribution in [2.45, 2.75) is 31.0 Å². The van der Waals surface area contributed by atoms with Crippen LogP contribution in [0.2, 0.25) is 0 Å². The lowest BCUT2D eigenvalue weighted by atomic mass is 10.1. The highest BCUT2D eigenvalue weighted by atomic mass is 32.2. The van der Waals surface area contributed by atoms with Gasteiger partial charge in [0.25, 0.3) is 0 Å². The molecule has 0 aliphatic carbocycles. The fourth-order valence-corrected chi connectivity index (χ4v) is 2.69. The van der Waals surface area contributed by atoms with Crippen LogP contribution in [-0.4, -0.2) is 69.8 Å². The molecule has 27 heavy (non-hydrogen) atoms. The number of carbonyl (C=O) groups excluding carboxylic acids is 2. The predicted octanol–water partition coefficient (Wildman–Crippen LogP) is -0.938. The Bertz CT molecular complexity index is 640. The van der Waals surface area contributed by atoms with Crippen molar-refractivity contribution in [3.05, 3.63) is 29.8 Å². The van der Waals surface area contributed by atoms with Crippen molar-refractivity contribution in [3.63, 3.8) is 0 Å². The Balaban J connectivity index is 2.63. The molecule has 2 amide bonds. The third kappa shape index (κ3) is 7.85. The van der Waals surface area contributed by atoms with Crippen molar-refractivity contribution in [1.29, 1.82) is 0 Å². The standard InChI is InChI=1S/C17H25N3O6S/c1-27-7-6-13(17(25)26)19-16(24)14(9-21)20-15(23)12(18)8-10-2-4-11(22)5-3-10/h2-5,12-14,21-22H,6-9,18H2,1H3,(H,19,24)(H,20,23)(H,25,26)/t12-,13-,14-/m0/s1. The van der Waals surface area contributed by atoms with Gasteiger partial charge in [0.05, 0.1) is 12.6 Å². The van der Waals surface area contributed by atoms with Gasteiger partial charge in [-0.05, 0) is 42.5 Å². The molecular formula is C17H25N3O6S. The Morgan fingerprint density at radius 3 is 2.22 bits per heavy atom. The highest BCUT2D eigenvalue weighted by Gasteiger charge is 2.27. The first-order valence-corrected chi connectivity index (χ1v) is 9.64. The summed E-state index contributed by atoms with van der Waals surface area (Å²) in [6.45, 7) is -0.696. The van der Waals surface area contributed by atoms with E-state index in [1.807, 2.05) is 6.26 Å². The molecule has 0 fully saturated rings. The Kier molecular flexibility index (Phi) is 9.62. The quantitative estimate of drug-likeness (QED) is 0.278. The van der Waals surface area contributed by atoms with Gasteiger partial charge in [-0.2, -0.15) is 11.8 Å². The van der Waals surface area contributed by atoms with Crippen molar-refractivity contribution < 1.29 is 29.7 Å². The van der Waals surface area contributed by atoms with Gasteiger partial charge >= 0.3 is 5.97 Å². The normalized spacial score (nSPS) is 14.0. The second kappa shape index (κ2) is 11.4.